The minimum absolute atomic E-state index is 0.713. The lowest BCUT2D eigenvalue weighted by molar-refractivity contribution is 0.372. The molecule has 1 saturated heterocycles. The van der Waals surface area contributed by atoms with E-state index in [1.807, 2.05) is 43.6 Å². The second-order valence-corrected chi connectivity index (χ2v) is 9.90. The molecule has 0 bridgehead atoms. The molecule has 5 heterocycles. The van der Waals surface area contributed by atoms with Crippen LogP contribution >= 0.6 is 0 Å². The molecule has 7 nitrogen and oxygen atoms in total. The number of nitrogens with one attached hydrogen (secondary N) is 3. The maximum absolute atomic E-state index is 4.97. The highest BCUT2D eigenvalue weighted by Gasteiger charge is 2.19. The van der Waals surface area contributed by atoms with Gasteiger partial charge in [0.1, 0.15) is 5.69 Å². The maximum Gasteiger partial charge on any atom is 0.159 e. The van der Waals surface area contributed by atoms with E-state index in [-0.39, 0.29) is 0 Å². The van der Waals surface area contributed by atoms with E-state index < -0.39 is 0 Å². The van der Waals surface area contributed by atoms with E-state index in [4.69, 9.17) is 4.98 Å². The van der Waals surface area contributed by atoms with Gasteiger partial charge in [-0.05, 0) is 86.7 Å². The number of hydrogen-bond donors (Lipinski definition) is 3. The normalized spacial score (nSPS) is 14.7. The summed E-state index contributed by atoms with van der Waals surface area (Å²) < 4.78 is 0. The highest BCUT2D eigenvalue weighted by Crippen LogP contribution is 2.32. The lowest BCUT2D eigenvalue weighted by Crippen LogP contribution is -2.28. The van der Waals surface area contributed by atoms with Crippen LogP contribution in [0.15, 0.2) is 79.8 Å². The molecule has 1 fully saturated rings. The van der Waals surface area contributed by atoms with Crippen LogP contribution in [-0.4, -0.2) is 43.2 Å². The second kappa shape index (κ2) is 10.6. The summed E-state index contributed by atoms with van der Waals surface area (Å²) in [6.07, 6.45) is 13.0. The number of fused-ring (bicyclic) bond motifs is 1. The molecule has 7 heteroatoms. The molecule has 1 aliphatic rings. The largest absolute Gasteiger partial charge is 0.340 e. The number of pyridine rings is 2. The van der Waals surface area contributed by atoms with Gasteiger partial charge in [-0.25, -0.2) is 4.98 Å². The van der Waals surface area contributed by atoms with Crippen molar-refractivity contribution in [2.75, 3.05) is 13.1 Å². The zero-order chi connectivity index (χ0) is 25.9. The van der Waals surface area contributed by atoms with Gasteiger partial charge in [0.15, 0.2) is 5.82 Å². The third kappa shape index (κ3) is 4.80. The zero-order valence-electron chi connectivity index (χ0n) is 21.5. The smallest absolute Gasteiger partial charge is 0.159 e. The summed E-state index contributed by atoms with van der Waals surface area (Å²) in [6.45, 7) is 8.13. The molecule has 0 radical (unpaired) electrons. The van der Waals surface area contributed by atoms with Crippen molar-refractivity contribution in [3.8, 4) is 22.6 Å². The average molecular weight is 502 g/mol. The number of allylic oxidation sites excluding steroid dienone is 2. The van der Waals surface area contributed by atoms with Crippen molar-refractivity contribution in [3.05, 3.63) is 102 Å². The Kier molecular flexibility index (Phi) is 6.67. The summed E-state index contributed by atoms with van der Waals surface area (Å²) in [5, 5.41) is 12.3. The molecule has 5 aromatic rings. The van der Waals surface area contributed by atoms with E-state index in [9.17, 15) is 0 Å². The van der Waals surface area contributed by atoms with Crippen LogP contribution in [0.1, 0.15) is 35.5 Å². The fourth-order valence-electron chi connectivity index (χ4n) is 5.31. The molecule has 0 aliphatic carbocycles. The van der Waals surface area contributed by atoms with E-state index >= 15 is 0 Å². The van der Waals surface area contributed by atoms with Gasteiger partial charge in [0.05, 0.1) is 16.9 Å². The number of H-pyrrole nitrogens is 2. The Balaban J connectivity index is 1.34. The van der Waals surface area contributed by atoms with E-state index in [2.05, 4.69) is 61.3 Å². The van der Waals surface area contributed by atoms with Crippen LogP contribution in [0.25, 0.3) is 39.1 Å². The van der Waals surface area contributed by atoms with Crippen LogP contribution in [0.4, 0.5) is 0 Å². The number of rotatable bonds is 7. The molecule has 6 rings (SSSR count). The van der Waals surface area contributed by atoms with Crippen molar-refractivity contribution in [2.45, 2.75) is 26.2 Å². The van der Waals surface area contributed by atoms with Gasteiger partial charge >= 0.3 is 0 Å². The van der Waals surface area contributed by atoms with Gasteiger partial charge in [0.2, 0.25) is 0 Å². The third-order valence-electron chi connectivity index (χ3n) is 7.26. The first kappa shape index (κ1) is 24.0. The predicted molar refractivity (Wildman–Crippen MR) is 152 cm³/mol. The summed E-state index contributed by atoms with van der Waals surface area (Å²) in [7, 11) is 0. The summed E-state index contributed by atoms with van der Waals surface area (Å²) in [4.78, 5) is 17.5. The van der Waals surface area contributed by atoms with E-state index in [1.165, 1.54) is 18.4 Å². The molecule has 0 saturated carbocycles. The first-order valence-corrected chi connectivity index (χ1v) is 13.1. The number of nitrogens with zero attached hydrogens (tertiary/aromatic N) is 4. The number of hydrogen-bond acceptors (Lipinski definition) is 5. The van der Waals surface area contributed by atoms with Crippen molar-refractivity contribution in [3.63, 3.8) is 0 Å². The number of piperidine rings is 1. The van der Waals surface area contributed by atoms with Gasteiger partial charge in [0.25, 0.3) is 0 Å². The Morgan fingerprint density at radius 2 is 1.97 bits per heavy atom. The molecule has 1 aromatic carbocycles. The highest BCUT2D eigenvalue weighted by atomic mass is 15.1. The Bertz CT molecular complexity index is 1600. The van der Waals surface area contributed by atoms with Gasteiger partial charge in [-0.15, -0.1) is 0 Å². The molecular formula is C31H31N7. The molecule has 38 heavy (non-hydrogen) atoms. The predicted octanol–water partition coefficient (Wildman–Crippen LogP) is 5.88. The number of aryl methyl sites for hydroxylation is 1. The Morgan fingerprint density at radius 1 is 1.08 bits per heavy atom. The first-order chi connectivity index (χ1) is 18.7. The van der Waals surface area contributed by atoms with Gasteiger partial charge in [-0.1, -0.05) is 30.9 Å². The first-order valence-electron chi connectivity index (χ1n) is 13.1. The van der Waals surface area contributed by atoms with Gasteiger partial charge < -0.3 is 10.3 Å². The van der Waals surface area contributed by atoms with Crippen molar-refractivity contribution >= 4 is 16.5 Å². The molecule has 4 aromatic heterocycles. The van der Waals surface area contributed by atoms with Crippen LogP contribution in [0.5, 0.6) is 0 Å². The van der Waals surface area contributed by atoms with E-state index in [0.29, 0.717) is 5.82 Å². The van der Waals surface area contributed by atoms with Crippen LogP contribution in [0.3, 0.4) is 0 Å². The fraction of sp³-hybridized carbons (Fsp3) is 0.226. The fourth-order valence-corrected chi connectivity index (χ4v) is 5.31. The molecule has 0 spiro atoms. The molecular weight excluding hydrogens is 470 g/mol. The van der Waals surface area contributed by atoms with Crippen LogP contribution in [-0.2, 0) is 6.42 Å². The SMILES string of the molecule is C=C/C=C(/c1ccccn1)c1nc(-c2n[nH]c3ccc(-c4cncc(CC5CCNCC5)c4)cc23)[nH]c1C. The maximum atomic E-state index is 4.97. The topological polar surface area (TPSA) is 95.2 Å². The number of benzene rings is 1. The highest BCUT2D eigenvalue weighted by molar-refractivity contribution is 5.94. The summed E-state index contributed by atoms with van der Waals surface area (Å²) in [6, 6.07) is 14.5. The molecule has 0 amide bonds. The molecule has 3 N–H and O–H groups in total. The number of aromatic amines is 2. The Labute approximate surface area is 222 Å². The van der Waals surface area contributed by atoms with Crippen molar-refractivity contribution in [2.24, 2.45) is 5.92 Å². The van der Waals surface area contributed by atoms with Gasteiger partial charge in [-0.3, -0.25) is 15.1 Å². The third-order valence-corrected chi connectivity index (χ3v) is 7.26. The Hall–Kier alpha value is -4.36. The minimum atomic E-state index is 0.713. The lowest BCUT2D eigenvalue weighted by atomic mass is 9.91. The van der Waals surface area contributed by atoms with Gasteiger partial charge in [-0.2, -0.15) is 5.10 Å². The number of aromatic nitrogens is 6. The molecule has 1 aliphatic heterocycles. The summed E-state index contributed by atoms with van der Waals surface area (Å²) in [5.74, 6) is 1.43. The van der Waals surface area contributed by atoms with Crippen LogP contribution in [0.2, 0.25) is 0 Å². The monoisotopic (exact) mass is 501 g/mol. The van der Waals surface area contributed by atoms with Crippen molar-refractivity contribution in [1.82, 2.24) is 35.5 Å². The van der Waals surface area contributed by atoms with Crippen molar-refractivity contribution < 1.29 is 0 Å². The molecule has 0 unspecified atom stereocenters. The van der Waals surface area contributed by atoms with Crippen molar-refractivity contribution in [1.29, 1.82) is 0 Å². The number of imidazole rings is 1. The standard InChI is InChI=1S/C31H31N7/c1-3-6-25(27-7-4-5-12-34-27)29-20(2)35-31(36-29)30-26-17-23(8-9-28(26)37-38-30)24-16-22(18-33-19-24)15-21-10-13-32-14-11-21/h3-9,12,16-19,21,32H,1,10-11,13-15H2,2H3,(H,35,36)(H,37,38)/b25-6-. The second-order valence-electron chi connectivity index (χ2n) is 9.90. The summed E-state index contributed by atoms with van der Waals surface area (Å²) in [5.41, 5.74) is 8.82. The summed E-state index contributed by atoms with van der Waals surface area (Å²) >= 11 is 0. The van der Waals surface area contributed by atoms with Crippen LogP contribution < -0.4 is 5.32 Å². The molecule has 0 atom stereocenters. The van der Waals surface area contributed by atoms with Crippen LogP contribution in [0, 0.1) is 12.8 Å². The Morgan fingerprint density at radius 3 is 2.79 bits per heavy atom. The van der Waals surface area contributed by atoms with Gasteiger partial charge in [0, 0.05) is 40.8 Å². The zero-order valence-corrected chi connectivity index (χ0v) is 21.5. The minimum Gasteiger partial charge on any atom is -0.340 e. The van der Waals surface area contributed by atoms with E-state index in [0.717, 1.165) is 75.8 Å². The average Bonchev–Trinajstić information content (AvgIpc) is 3.55. The lowest BCUT2D eigenvalue weighted by Gasteiger charge is -2.22. The van der Waals surface area contributed by atoms with E-state index in [1.54, 1.807) is 12.3 Å². The quantitative estimate of drug-likeness (QED) is 0.242. The molecule has 190 valence electrons.